The molecule has 34 heavy (non-hydrogen) atoms. The normalized spacial score (nSPS) is 16.9. The molecule has 0 saturated heterocycles. The first-order chi connectivity index (χ1) is 16.0. The topological polar surface area (TPSA) is 99.2 Å². The van der Waals surface area contributed by atoms with Gasteiger partial charge in [0.2, 0.25) is 0 Å². The summed E-state index contributed by atoms with van der Waals surface area (Å²) in [4.78, 5) is 52.3. The number of methoxy groups -OCH3 is 2. The van der Waals surface area contributed by atoms with Crippen molar-refractivity contribution in [1.29, 1.82) is 0 Å². The maximum atomic E-state index is 13.2. The Bertz CT molecular complexity index is 1150. The van der Waals surface area contributed by atoms with E-state index in [1.165, 1.54) is 19.1 Å². The highest BCUT2D eigenvalue weighted by Gasteiger charge is 2.48. The number of para-hydroxylation sites is 1. The molecule has 2 aliphatic heterocycles. The fourth-order valence-electron chi connectivity index (χ4n) is 3.66. The van der Waals surface area contributed by atoms with Crippen LogP contribution in [-0.2, 0) is 33.4 Å². The van der Waals surface area contributed by atoms with Crippen LogP contribution in [0.15, 0.2) is 32.2 Å². The molecule has 2 aliphatic rings. The summed E-state index contributed by atoms with van der Waals surface area (Å²) in [6.45, 7) is 6.98. The largest absolute Gasteiger partial charge is 0.465 e. The van der Waals surface area contributed by atoms with Gasteiger partial charge in [-0.3, -0.25) is 9.69 Å². The first-order valence-electron chi connectivity index (χ1n) is 10.2. The molecule has 1 aromatic carbocycles. The number of fused-ring (bicyclic) bond motifs is 1. The van der Waals surface area contributed by atoms with Gasteiger partial charge in [0.15, 0.2) is 0 Å². The Morgan fingerprint density at radius 3 is 2.09 bits per heavy atom. The number of hydrogen-bond donors (Lipinski definition) is 0. The molecule has 2 heterocycles. The standard InChI is InChI=1S/C23H23NO7S3/c1-7-31-21(28)18(25)24-14-11(2)9-8-10-12(14)13(17(32)23(24,3)4)22-33-15(19(26)29-5)16(34-22)20(27)30-6/h8-10H,7H2,1-6H3. The number of hydrogen-bond acceptors (Lipinski definition) is 10. The van der Waals surface area contributed by atoms with Gasteiger partial charge in [-0.15, -0.1) is 0 Å². The maximum absolute atomic E-state index is 13.2. The molecule has 3 rings (SSSR count). The summed E-state index contributed by atoms with van der Waals surface area (Å²) < 4.78 is 15.2. The van der Waals surface area contributed by atoms with E-state index in [1.54, 1.807) is 26.8 Å². The Morgan fingerprint density at radius 1 is 1.03 bits per heavy atom. The highest BCUT2D eigenvalue weighted by molar-refractivity contribution is 8.29. The van der Waals surface area contributed by atoms with Crippen molar-refractivity contribution in [1.82, 2.24) is 0 Å². The van der Waals surface area contributed by atoms with Gasteiger partial charge in [0.05, 0.1) is 41.2 Å². The van der Waals surface area contributed by atoms with Crippen LogP contribution in [0.2, 0.25) is 0 Å². The van der Waals surface area contributed by atoms with Crippen LogP contribution >= 0.6 is 35.7 Å². The van der Waals surface area contributed by atoms with Crippen molar-refractivity contribution in [2.75, 3.05) is 25.7 Å². The molecular formula is C23H23NO7S3. The summed E-state index contributed by atoms with van der Waals surface area (Å²) >= 11 is 7.98. The van der Waals surface area contributed by atoms with E-state index in [2.05, 4.69) is 0 Å². The Morgan fingerprint density at radius 2 is 1.59 bits per heavy atom. The lowest BCUT2D eigenvalue weighted by molar-refractivity contribution is -0.153. The molecule has 11 heteroatoms. The Balaban J connectivity index is 2.25. The summed E-state index contributed by atoms with van der Waals surface area (Å²) in [5, 5.41) is 0. The van der Waals surface area contributed by atoms with Crippen molar-refractivity contribution < 1.29 is 33.4 Å². The lowest BCUT2D eigenvalue weighted by Gasteiger charge is -2.45. The van der Waals surface area contributed by atoms with Crippen molar-refractivity contribution in [3.05, 3.63) is 43.4 Å². The number of nitrogens with zero attached hydrogens (tertiary/aromatic N) is 1. The fraction of sp³-hybridized carbons (Fsp3) is 0.348. The number of thioether (sulfide) groups is 2. The number of anilines is 1. The summed E-state index contributed by atoms with van der Waals surface area (Å²) in [5.41, 5.74) is 1.36. The zero-order chi connectivity index (χ0) is 25.4. The first kappa shape index (κ1) is 26.0. The minimum absolute atomic E-state index is 0.0603. The molecule has 0 radical (unpaired) electrons. The van der Waals surface area contributed by atoms with E-state index in [-0.39, 0.29) is 16.4 Å². The zero-order valence-corrected chi connectivity index (χ0v) is 21.9. The Kier molecular flexibility index (Phi) is 7.59. The van der Waals surface area contributed by atoms with Crippen LogP contribution in [0.5, 0.6) is 0 Å². The van der Waals surface area contributed by atoms with Gasteiger partial charge >= 0.3 is 23.8 Å². The Labute approximate surface area is 211 Å². The van der Waals surface area contributed by atoms with E-state index in [9.17, 15) is 19.2 Å². The average Bonchev–Trinajstić information content (AvgIpc) is 3.24. The molecular weight excluding hydrogens is 498 g/mol. The smallest absolute Gasteiger partial charge is 0.397 e. The predicted octanol–water partition coefficient (Wildman–Crippen LogP) is 3.76. The molecule has 0 saturated carbocycles. The molecule has 0 atom stereocenters. The van der Waals surface area contributed by atoms with E-state index in [0.29, 0.717) is 25.9 Å². The SMILES string of the molecule is CCOC(=O)C(=O)N1c2c(C)cccc2C(=C2SC(C(=O)OC)=C(C(=O)OC)S2)C(=S)C1(C)C. The van der Waals surface area contributed by atoms with Gasteiger partial charge in [0.1, 0.15) is 9.81 Å². The van der Waals surface area contributed by atoms with Crippen molar-refractivity contribution in [3.8, 4) is 0 Å². The molecule has 0 aliphatic carbocycles. The molecule has 0 N–H and O–H groups in total. The molecule has 0 aromatic heterocycles. The summed E-state index contributed by atoms with van der Waals surface area (Å²) in [6.07, 6.45) is 0. The third-order valence-electron chi connectivity index (χ3n) is 5.27. The third kappa shape index (κ3) is 4.27. The van der Waals surface area contributed by atoms with Crippen LogP contribution in [-0.4, -0.2) is 55.0 Å². The molecule has 0 unspecified atom stereocenters. The monoisotopic (exact) mass is 521 g/mol. The number of carbonyl (C=O) groups is 4. The molecule has 180 valence electrons. The van der Waals surface area contributed by atoms with Gasteiger partial charge in [-0.25, -0.2) is 14.4 Å². The van der Waals surface area contributed by atoms with E-state index in [4.69, 9.17) is 26.4 Å². The molecule has 0 bridgehead atoms. The number of aryl methyl sites for hydroxylation is 1. The minimum atomic E-state index is -1.10. The third-order valence-corrected chi connectivity index (χ3v) is 8.53. The van der Waals surface area contributed by atoms with Gasteiger partial charge in [-0.2, -0.15) is 0 Å². The van der Waals surface area contributed by atoms with Crippen molar-refractivity contribution in [2.24, 2.45) is 0 Å². The van der Waals surface area contributed by atoms with Gasteiger partial charge in [-0.05, 0) is 33.3 Å². The van der Waals surface area contributed by atoms with Crippen LogP contribution in [0, 0.1) is 6.92 Å². The average molecular weight is 522 g/mol. The van der Waals surface area contributed by atoms with E-state index < -0.39 is 29.4 Å². The minimum Gasteiger partial charge on any atom is -0.465 e. The van der Waals surface area contributed by atoms with Crippen LogP contribution in [0.3, 0.4) is 0 Å². The highest BCUT2D eigenvalue weighted by atomic mass is 32.2. The molecule has 1 amide bonds. The number of rotatable bonds is 3. The van der Waals surface area contributed by atoms with Crippen molar-refractivity contribution in [3.63, 3.8) is 0 Å². The second-order valence-electron chi connectivity index (χ2n) is 7.73. The van der Waals surface area contributed by atoms with Crippen molar-refractivity contribution in [2.45, 2.75) is 33.2 Å². The summed E-state index contributed by atoms with van der Waals surface area (Å²) in [5.74, 6) is -3.14. The van der Waals surface area contributed by atoms with Gasteiger partial charge in [-0.1, -0.05) is 53.9 Å². The Hall–Kier alpha value is -2.63. The molecule has 0 spiro atoms. The van der Waals surface area contributed by atoms with Crippen LogP contribution < -0.4 is 4.90 Å². The van der Waals surface area contributed by atoms with Gasteiger partial charge in [0.25, 0.3) is 0 Å². The summed E-state index contributed by atoms with van der Waals surface area (Å²) in [6, 6.07) is 5.42. The maximum Gasteiger partial charge on any atom is 0.397 e. The van der Waals surface area contributed by atoms with E-state index in [1.807, 2.05) is 19.1 Å². The molecule has 8 nitrogen and oxygen atoms in total. The molecule has 1 aromatic rings. The second-order valence-corrected chi connectivity index (χ2v) is 10.4. The number of esters is 3. The fourth-order valence-corrected chi connectivity index (χ4v) is 6.70. The second kappa shape index (κ2) is 9.93. The van der Waals surface area contributed by atoms with Crippen LogP contribution in [0.4, 0.5) is 5.69 Å². The molecule has 0 fully saturated rings. The number of benzene rings is 1. The number of ether oxygens (including phenoxy) is 3. The van der Waals surface area contributed by atoms with Gasteiger partial charge < -0.3 is 14.2 Å². The van der Waals surface area contributed by atoms with Gasteiger partial charge in [0, 0.05) is 11.1 Å². The van der Waals surface area contributed by atoms with Crippen LogP contribution in [0.25, 0.3) is 5.57 Å². The number of carbonyl (C=O) groups excluding carboxylic acids is 4. The predicted molar refractivity (Wildman–Crippen MR) is 135 cm³/mol. The van der Waals surface area contributed by atoms with E-state index in [0.717, 1.165) is 29.1 Å². The lowest BCUT2D eigenvalue weighted by Crippen LogP contribution is -2.58. The van der Waals surface area contributed by atoms with Crippen LogP contribution in [0.1, 0.15) is 31.9 Å². The summed E-state index contributed by atoms with van der Waals surface area (Å²) in [7, 11) is 2.46. The number of amides is 1. The zero-order valence-electron chi connectivity index (χ0n) is 19.5. The first-order valence-corrected chi connectivity index (χ1v) is 12.2. The van der Waals surface area contributed by atoms with E-state index >= 15 is 0 Å². The number of thiocarbonyl (C=S) groups is 1. The highest BCUT2D eigenvalue weighted by Crippen LogP contribution is 2.56. The van der Waals surface area contributed by atoms with Crippen molar-refractivity contribution >= 4 is 75.7 Å². The lowest BCUT2D eigenvalue weighted by atomic mass is 9.82. The quantitative estimate of drug-likeness (QED) is 0.192.